The molecule has 2 aromatic rings. The van der Waals surface area contributed by atoms with Gasteiger partial charge in [-0.3, -0.25) is 0 Å². The Labute approximate surface area is 105 Å². The van der Waals surface area contributed by atoms with Crippen molar-refractivity contribution in [3.63, 3.8) is 0 Å². The van der Waals surface area contributed by atoms with E-state index >= 15 is 0 Å². The molecule has 18 heavy (non-hydrogen) atoms. The monoisotopic (exact) mass is 249 g/mol. The van der Waals surface area contributed by atoms with Crippen LogP contribution in [0.3, 0.4) is 0 Å². The molecule has 0 bridgehead atoms. The summed E-state index contributed by atoms with van der Waals surface area (Å²) in [7, 11) is 0. The Kier molecular flexibility index (Phi) is 3.72. The number of nitrogens with zero attached hydrogens (tertiary/aromatic N) is 2. The van der Waals surface area contributed by atoms with E-state index in [1.54, 1.807) is 0 Å². The number of benzene rings is 1. The molecule has 96 valence electrons. The summed E-state index contributed by atoms with van der Waals surface area (Å²) in [4.78, 5) is 0. The molecule has 1 heterocycles. The molecule has 0 saturated carbocycles. The lowest BCUT2D eigenvalue weighted by Crippen LogP contribution is -2.17. The molecule has 1 N–H and O–H groups in total. The zero-order valence-corrected chi connectivity index (χ0v) is 10.7. The highest BCUT2D eigenvalue weighted by Crippen LogP contribution is 2.22. The van der Waals surface area contributed by atoms with Crippen molar-refractivity contribution >= 4 is 0 Å². The second-order valence-electron chi connectivity index (χ2n) is 4.24. The molecule has 0 aliphatic heterocycles. The van der Waals surface area contributed by atoms with Crippen LogP contribution in [0, 0.1) is 12.7 Å². The Hall–Kier alpha value is -1.75. The van der Waals surface area contributed by atoms with E-state index in [4.69, 9.17) is 4.42 Å². The average molecular weight is 249 g/mol. The second kappa shape index (κ2) is 5.27. The van der Waals surface area contributed by atoms with Gasteiger partial charge in [-0.15, -0.1) is 10.2 Å². The highest BCUT2D eigenvalue weighted by atomic mass is 19.1. The molecular weight excluding hydrogens is 233 g/mol. The van der Waals surface area contributed by atoms with Crippen molar-refractivity contribution in [1.29, 1.82) is 0 Å². The van der Waals surface area contributed by atoms with Gasteiger partial charge >= 0.3 is 0 Å². The zero-order valence-electron chi connectivity index (χ0n) is 10.7. The van der Waals surface area contributed by atoms with Crippen molar-refractivity contribution in [2.24, 2.45) is 0 Å². The van der Waals surface area contributed by atoms with Crippen molar-refractivity contribution in [2.75, 3.05) is 6.54 Å². The van der Waals surface area contributed by atoms with Crippen molar-refractivity contribution in [3.8, 4) is 11.5 Å². The molecule has 0 fully saturated rings. The van der Waals surface area contributed by atoms with Crippen LogP contribution in [-0.4, -0.2) is 16.7 Å². The molecule has 5 heteroatoms. The summed E-state index contributed by atoms with van der Waals surface area (Å²) < 4.78 is 18.8. The van der Waals surface area contributed by atoms with Crippen molar-refractivity contribution in [3.05, 3.63) is 35.5 Å². The number of hydrogen-bond acceptors (Lipinski definition) is 4. The van der Waals surface area contributed by atoms with Crippen LogP contribution in [0.1, 0.15) is 31.3 Å². The van der Waals surface area contributed by atoms with Gasteiger partial charge in [-0.05, 0) is 44.2 Å². The van der Waals surface area contributed by atoms with Gasteiger partial charge in [-0.25, -0.2) is 4.39 Å². The van der Waals surface area contributed by atoms with Crippen LogP contribution >= 0.6 is 0 Å². The van der Waals surface area contributed by atoms with Crippen LogP contribution in [0.5, 0.6) is 0 Å². The van der Waals surface area contributed by atoms with Crippen molar-refractivity contribution in [1.82, 2.24) is 15.5 Å². The minimum Gasteiger partial charge on any atom is -0.419 e. The number of nitrogens with one attached hydrogen (secondary N) is 1. The van der Waals surface area contributed by atoms with Gasteiger partial charge in [0.15, 0.2) is 0 Å². The number of hydrogen-bond donors (Lipinski definition) is 1. The third kappa shape index (κ3) is 2.73. The average Bonchev–Trinajstić information content (AvgIpc) is 2.77. The van der Waals surface area contributed by atoms with Crippen LogP contribution in [0.4, 0.5) is 4.39 Å². The van der Waals surface area contributed by atoms with Crippen LogP contribution in [0.15, 0.2) is 22.6 Å². The topological polar surface area (TPSA) is 51.0 Å². The summed E-state index contributed by atoms with van der Waals surface area (Å²) >= 11 is 0. The van der Waals surface area contributed by atoms with E-state index in [0.29, 0.717) is 17.3 Å². The molecule has 0 saturated heterocycles. The van der Waals surface area contributed by atoms with E-state index in [-0.39, 0.29) is 11.9 Å². The molecular formula is C13H16FN3O. The van der Waals surface area contributed by atoms with Crippen LogP contribution < -0.4 is 5.32 Å². The van der Waals surface area contributed by atoms with Gasteiger partial charge in [-0.1, -0.05) is 6.92 Å². The summed E-state index contributed by atoms with van der Waals surface area (Å²) in [6.45, 7) is 6.59. The van der Waals surface area contributed by atoms with E-state index in [9.17, 15) is 4.39 Å². The minimum absolute atomic E-state index is 0.00842. The molecule has 0 spiro atoms. The maximum atomic E-state index is 13.3. The lowest BCUT2D eigenvalue weighted by Gasteiger charge is -2.05. The number of halogens is 1. The fourth-order valence-electron chi connectivity index (χ4n) is 1.78. The summed E-state index contributed by atoms with van der Waals surface area (Å²) in [5.41, 5.74) is 1.43. The van der Waals surface area contributed by atoms with E-state index in [1.807, 2.05) is 26.8 Å². The summed E-state index contributed by atoms with van der Waals surface area (Å²) in [6, 6.07) is 4.66. The normalized spacial score (nSPS) is 12.7. The first-order chi connectivity index (χ1) is 8.60. The predicted molar refractivity (Wildman–Crippen MR) is 66.5 cm³/mol. The first kappa shape index (κ1) is 12.7. The van der Waals surface area contributed by atoms with Crippen LogP contribution in [0.2, 0.25) is 0 Å². The van der Waals surface area contributed by atoms with Gasteiger partial charge in [-0.2, -0.15) is 0 Å². The molecule has 1 aromatic carbocycles. The highest BCUT2D eigenvalue weighted by Gasteiger charge is 2.14. The zero-order chi connectivity index (χ0) is 13.1. The van der Waals surface area contributed by atoms with Crippen molar-refractivity contribution in [2.45, 2.75) is 26.8 Å². The van der Waals surface area contributed by atoms with Gasteiger partial charge in [0, 0.05) is 5.56 Å². The minimum atomic E-state index is -0.301. The fourth-order valence-corrected chi connectivity index (χ4v) is 1.78. The van der Waals surface area contributed by atoms with Gasteiger partial charge in [0.1, 0.15) is 5.82 Å². The van der Waals surface area contributed by atoms with E-state index in [2.05, 4.69) is 15.5 Å². The van der Waals surface area contributed by atoms with Gasteiger partial charge in [0.05, 0.1) is 6.04 Å². The Morgan fingerprint density at radius 3 is 2.78 bits per heavy atom. The Morgan fingerprint density at radius 2 is 2.11 bits per heavy atom. The van der Waals surface area contributed by atoms with Gasteiger partial charge < -0.3 is 9.73 Å². The quantitative estimate of drug-likeness (QED) is 0.905. The van der Waals surface area contributed by atoms with Gasteiger partial charge in [0.25, 0.3) is 0 Å². The summed E-state index contributed by atoms with van der Waals surface area (Å²) in [6.07, 6.45) is 0. The molecule has 1 aromatic heterocycles. The first-order valence-corrected chi connectivity index (χ1v) is 5.94. The molecule has 0 aliphatic rings. The number of rotatable bonds is 4. The maximum absolute atomic E-state index is 13.3. The Morgan fingerprint density at radius 1 is 1.33 bits per heavy atom. The molecule has 1 unspecified atom stereocenters. The molecule has 0 radical (unpaired) electrons. The molecule has 1 atom stereocenters. The smallest absolute Gasteiger partial charge is 0.247 e. The molecule has 0 amide bonds. The number of aromatic nitrogens is 2. The Balaban J connectivity index is 2.29. The van der Waals surface area contributed by atoms with Gasteiger partial charge in [0.2, 0.25) is 11.8 Å². The molecule has 0 aliphatic carbocycles. The lowest BCUT2D eigenvalue weighted by atomic mass is 10.1. The Bertz CT molecular complexity index is 519. The third-order valence-electron chi connectivity index (χ3n) is 2.61. The first-order valence-electron chi connectivity index (χ1n) is 5.94. The van der Waals surface area contributed by atoms with Crippen molar-refractivity contribution < 1.29 is 8.81 Å². The maximum Gasteiger partial charge on any atom is 0.247 e. The van der Waals surface area contributed by atoms with Crippen LogP contribution in [-0.2, 0) is 0 Å². The second-order valence-corrected chi connectivity index (χ2v) is 4.24. The van der Waals surface area contributed by atoms with E-state index in [0.717, 1.165) is 12.1 Å². The summed E-state index contributed by atoms with van der Waals surface area (Å²) in [5.74, 6) is 0.551. The molecule has 2 rings (SSSR count). The predicted octanol–water partition coefficient (Wildman–Crippen LogP) is 2.85. The molecule has 4 nitrogen and oxygen atoms in total. The summed E-state index contributed by atoms with van der Waals surface area (Å²) in [5, 5.41) is 11.1. The van der Waals surface area contributed by atoms with E-state index in [1.165, 1.54) is 12.1 Å². The fraction of sp³-hybridized carbons (Fsp3) is 0.385. The highest BCUT2D eigenvalue weighted by molar-refractivity contribution is 5.53. The SMILES string of the molecule is CCNC(C)c1nnc(-c2cc(C)cc(F)c2)o1. The van der Waals surface area contributed by atoms with Crippen LogP contribution in [0.25, 0.3) is 11.5 Å². The largest absolute Gasteiger partial charge is 0.419 e. The third-order valence-corrected chi connectivity index (χ3v) is 2.61. The lowest BCUT2D eigenvalue weighted by molar-refractivity contribution is 0.428. The standard InChI is InChI=1S/C13H16FN3O/c1-4-15-9(3)12-16-17-13(18-12)10-5-8(2)6-11(14)7-10/h5-7,9,15H,4H2,1-3H3. The van der Waals surface area contributed by atoms with E-state index < -0.39 is 0 Å². The number of aryl methyl sites for hydroxylation is 1.